The van der Waals surface area contributed by atoms with Crippen LogP contribution in [-0.4, -0.2) is 59.0 Å². The number of carbonyl (C=O) groups excluding carboxylic acids is 1. The molecule has 3 heterocycles. The second-order valence-electron chi connectivity index (χ2n) is 7.75. The van der Waals surface area contributed by atoms with Crippen LogP contribution < -0.4 is 4.74 Å². The highest BCUT2D eigenvalue weighted by molar-refractivity contribution is 5.86. The van der Waals surface area contributed by atoms with Gasteiger partial charge < -0.3 is 14.4 Å². The number of methoxy groups -OCH3 is 1. The summed E-state index contributed by atoms with van der Waals surface area (Å²) in [6, 6.07) is 8.21. The number of aromatic nitrogens is 3. The number of carbonyl (C=O) groups is 1. The van der Waals surface area contributed by atoms with E-state index in [0.29, 0.717) is 45.0 Å². The lowest BCUT2D eigenvalue weighted by Crippen LogP contribution is -2.40. The van der Waals surface area contributed by atoms with Crippen LogP contribution in [0, 0.1) is 20.8 Å². The normalized spacial score (nSPS) is 14.3. The molecule has 4 rings (SSSR count). The fourth-order valence-electron chi connectivity index (χ4n) is 4.06. The zero-order chi connectivity index (χ0) is 21.3. The molecule has 0 unspecified atom stereocenters. The number of pyridine rings is 1. The minimum Gasteiger partial charge on any atom is -0.481 e. The van der Waals surface area contributed by atoms with Gasteiger partial charge in [-0.15, -0.1) is 0 Å². The molecule has 7 nitrogen and oxygen atoms in total. The molecule has 1 fully saturated rings. The second-order valence-corrected chi connectivity index (χ2v) is 7.75. The third-order valence-electron chi connectivity index (χ3n) is 5.75. The SMILES string of the molecule is COc1nc2c(c(C)nn2-c2ccc(C)cc2)c(C)c1CCC(=O)N1CCOCC1. The van der Waals surface area contributed by atoms with Crippen molar-refractivity contribution < 1.29 is 14.3 Å². The standard InChI is InChI=1S/C23H28N4O3/c1-15-5-7-18(8-6-15)27-22-21(17(3)25-27)16(2)19(23(24-22)29-4)9-10-20(28)26-11-13-30-14-12-26/h5-8H,9-14H2,1-4H3. The number of benzene rings is 1. The fourth-order valence-corrected chi connectivity index (χ4v) is 4.06. The van der Waals surface area contributed by atoms with Gasteiger partial charge in [-0.1, -0.05) is 17.7 Å². The summed E-state index contributed by atoms with van der Waals surface area (Å²) in [5.74, 6) is 0.704. The average molecular weight is 409 g/mol. The lowest BCUT2D eigenvalue weighted by Gasteiger charge is -2.27. The van der Waals surface area contributed by atoms with Crippen LogP contribution in [0.2, 0.25) is 0 Å². The lowest BCUT2D eigenvalue weighted by atomic mass is 10.0. The van der Waals surface area contributed by atoms with E-state index in [0.717, 1.165) is 33.5 Å². The molecule has 1 amide bonds. The summed E-state index contributed by atoms with van der Waals surface area (Å²) >= 11 is 0. The highest BCUT2D eigenvalue weighted by atomic mass is 16.5. The van der Waals surface area contributed by atoms with Gasteiger partial charge in [-0.2, -0.15) is 10.1 Å². The molecule has 0 N–H and O–H groups in total. The molecule has 3 aromatic rings. The summed E-state index contributed by atoms with van der Waals surface area (Å²) in [6.07, 6.45) is 1.01. The van der Waals surface area contributed by atoms with Gasteiger partial charge in [0.25, 0.3) is 0 Å². The molecule has 0 saturated carbocycles. The number of nitrogens with zero attached hydrogens (tertiary/aromatic N) is 4. The number of fused-ring (bicyclic) bond motifs is 1. The number of aryl methyl sites for hydroxylation is 3. The third kappa shape index (κ3) is 3.77. The first-order valence-corrected chi connectivity index (χ1v) is 10.3. The van der Waals surface area contributed by atoms with Crippen LogP contribution in [0.3, 0.4) is 0 Å². The van der Waals surface area contributed by atoms with Crippen molar-refractivity contribution in [2.75, 3.05) is 33.4 Å². The minimum absolute atomic E-state index is 0.145. The van der Waals surface area contributed by atoms with Crippen LogP contribution in [0.25, 0.3) is 16.7 Å². The number of ether oxygens (including phenoxy) is 2. The van der Waals surface area contributed by atoms with E-state index in [9.17, 15) is 4.79 Å². The molecule has 7 heteroatoms. The van der Waals surface area contributed by atoms with Gasteiger partial charge >= 0.3 is 0 Å². The molecule has 0 aliphatic carbocycles. The van der Waals surface area contributed by atoms with Crippen LogP contribution in [-0.2, 0) is 16.0 Å². The maximum Gasteiger partial charge on any atom is 0.223 e. The van der Waals surface area contributed by atoms with Crippen molar-refractivity contribution in [2.45, 2.75) is 33.6 Å². The zero-order valence-corrected chi connectivity index (χ0v) is 18.1. The quantitative estimate of drug-likeness (QED) is 0.649. The van der Waals surface area contributed by atoms with E-state index in [-0.39, 0.29) is 5.91 Å². The van der Waals surface area contributed by atoms with Gasteiger partial charge in [0, 0.05) is 30.5 Å². The summed E-state index contributed by atoms with van der Waals surface area (Å²) in [4.78, 5) is 19.3. The molecule has 2 aromatic heterocycles. The molecule has 1 aromatic carbocycles. The van der Waals surface area contributed by atoms with Gasteiger partial charge in [-0.3, -0.25) is 4.79 Å². The van der Waals surface area contributed by atoms with Gasteiger partial charge in [0.1, 0.15) is 0 Å². The van der Waals surface area contributed by atoms with Gasteiger partial charge in [0.15, 0.2) is 5.65 Å². The van der Waals surface area contributed by atoms with Crippen molar-refractivity contribution in [2.24, 2.45) is 0 Å². The number of morpholine rings is 1. The Morgan fingerprint density at radius 2 is 1.83 bits per heavy atom. The summed E-state index contributed by atoms with van der Waals surface area (Å²) in [5.41, 5.74) is 5.89. The Balaban J connectivity index is 1.69. The molecule has 158 valence electrons. The monoisotopic (exact) mass is 408 g/mol. The molecule has 0 radical (unpaired) electrons. The van der Waals surface area contributed by atoms with Crippen LogP contribution in [0.4, 0.5) is 0 Å². The first kappa shape index (κ1) is 20.3. The first-order valence-electron chi connectivity index (χ1n) is 10.3. The molecular formula is C23H28N4O3. The van der Waals surface area contributed by atoms with E-state index < -0.39 is 0 Å². The van der Waals surface area contributed by atoms with E-state index in [1.165, 1.54) is 5.56 Å². The average Bonchev–Trinajstić information content (AvgIpc) is 3.10. The Labute approximate surface area is 176 Å². The Bertz CT molecular complexity index is 1070. The van der Waals surface area contributed by atoms with Crippen molar-refractivity contribution >= 4 is 16.9 Å². The van der Waals surface area contributed by atoms with E-state index in [1.807, 2.05) is 28.6 Å². The molecule has 30 heavy (non-hydrogen) atoms. The maximum absolute atomic E-state index is 12.6. The van der Waals surface area contributed by atoms with Crippen molar-refractivity contribution in [1.82, 2.24) is 19.7 Å². The van der Waals surface area contributed by atoms with Crippen molar-refractivity contribution in [3.63, 3.8) is 0 Å². The van der Waals surface area contributed by atoms with E-state index in [4.69, 9.17) is 19.6 Å². The van der Waals surface area contributed by atoms with Crippen LogP contribution in [0.15, 0.2) is 24.3 Å². The highest BCUT2D eigenvalue weighted by Gasteiger charge is 2.22. The summed E-state index contributed by atoms with van der Waals surface area (Å²) in [7, 11) is 1.63. The minimum atomic E-state index is 0.145. The van der Waals surface area contributed by atoms with Crippen molar-refractivity contribution in [1.29, 1.82) is 0 Å². The Kier molecular flexibility index (Phi) is 5.72. The van der Waals surface area contributed by atoms with Gasteiger partial charge in [-0.25, -0.2) is 4.68 Å². The lowest BCUT2D eigenvalue weighted by molar-refractivity contribution is -0.135. The Morgan fingerprint density at radius 3 is 2.50 bits per heavy atom. The second kappa shape index (κ2) is 8.44. The van der Waals surface area contributed by atoms with E-state index in [2.05, 4.69) is 26.0 Å². The van der Waals surface area contributed by atoms with Gasteiger partial charge in [0.05, 0.1) is 31.7 Å². The summed E-state index contributed by atoms with van der Waals surface area (Å²) < 4.78 is 12.8. The summed E-state index contributed by atoms with van der Waals surface area (Å²) in [5, 5.41) is 5.76. The third-order valence-corrected chi connectivity index (χ3v) is 5.75. The maximum atomic E-state index is 12.6. The highest BCUT2D eigenvalue weighted by Crippen LogP contribution is 2.32. The number of hydrogen-bond donors (Lipinski definition) is 0. The molecular weight excluding hydrogens is 380 g/mol. The molecule has 1 saturated heterocycles. The zero-order valence-electron chi connectivity index (χ0n) is 18.1. The number of rotatable bonds is 5. The smallest absolute Gasteiger partial charge is 0.223 e. The first-order chi connectivity index (χ1) is 14.5. The van der Waals surface area contributed by atoms with Crippen LogP contribution in [0.5, 0.6) is 5.88 Å². The summed E-state index contributed by atoms with van der Waals surface area (Å²) in [6.45, 7) is 8.67. The Hall–Kier alpha value is -2.93. The van der Waals surface area contributed by atoms with Gasteiger partial charge in [0.2, 0.25) is 11.8 Å². The van der Waals surface area contributed by atoms with Gasteiger partial charge in [-0.05, 0) is 44.9 Å². The molecule has 0 spiro atoms. The molecule has 1 aliphatic heterocycles. The number of hydrogen-bond acceptors (Lipinski definition) is 5. The largest absolute Gasteiger partial charge is 0.481 e. The van der Waals surface area contributed by atoms with Crippen LogP contribution >= 0.6 is 0 Å². The predicted molar refractivity (Wildman–Crippen MR) is 115 cm³/mol. The van der Waals surface area contributed by atoms with E-state index >= 15 is 0 Å². The Morgan fingerprint density at radius 1 is 1.13 bits per heavy atom. The van der Waals surface area contributed by atoms with Crippen molar-refractivity contribution in [3.05, 3.63) is 46.6 Å². The number of amides is 1. The van der Waals surface area contributed by atoms with Crippen molar-refractivity contribution in [3.8, 4) is 11.6 Å². The fraction of sp³-hybridized carbons (Fsp3) is 0.435. The van der Waals surface area contributed by atoms with Crippen LogP contribution in [0.1, 0.15) is 28.8 Å². The molecule has 1 aliphatic rings. The topological polar surface area (TPSA) is 69.5 Å². The predicted octanol–water partition coefficient (Wildman–Crippen LogP) is 3.15. The molecule has 0 bridgehead atoms. The molecule has 0 atom stereocenters. The van der Waals surface area contributed by atoms with E-state index in [1.54, 1.807) is 7.11 Å².